The van der Waals surface area contributed by atoms with Crippen LogP contribution in [0.2, 0.25) is 5.02 Å². The Hall–Kier alpha value is -2.16. The molecule has 1 fully saturated rings. The number of hydrogen-bond donors (Lipinski definition) is 2. The molecular formula is C17H19Cl2FN6O. The molecule has 3 aromatic rings. The summed E-state index contributed by atoms with van der Waals surface area (Å²) in [5.74, 6) is 0.323. The molecule has 27 heavy (non-hydrogen) atoms. The molecule has 0 amide bonds. The number of H-pyrrole nitrogens is 1. The van der Waals surface area contributed by atoms with Gasteiger partial charge in [0.1, 0.15) is 5.82 Å². The maximum atomic E-state index is 14.3. The monoisotopic (exact) mass is 412 g/mol. The first kappa shape index (κ1) is 19.6. The summed E-state index contributed by atoms with van der Waals surface area (Å²) in [5.41, 5.74) is 5.76. The molecule has 1 aliphatic rings. The van der Waals surface area contributed by atoms with Crippen LogP contribution in [0.5, 0.6) is 0 Å². The fourth-order valence-electron chi connectivity index (χ4n) is 3.17. The number of nitrogens with zero attached hydrogens (tertiary/aromatic N) is 4. The van der Waals surface area contributed by atoms with Crippen molar-refractivity contribution in [3.8, 4) is 11.4 Å². The zero-order valence-corrected chi connectivity index (χ0v) is 16.1. The minimum absolute atomic E-state index is 0. The van der Waals surface area contributed by atoms with Gasteiger partial charge in [-0.3, -0.25) is 4.79 Å². The van der Waals surface area contributed by atoms with Crippen LogP contribution in [0.15, 0.2) is 29.1 Å². The van der Waals surface area contributed by atoms with E-state index in [4.69, 9.17) is 17.3 Å². The molecule has 0 aliphatic carbocycles. The SMILES string of the molecule is CC1(N)CCN(c2cc(=O)n3c(-c4cccc(Cl)c4F)n[nH]c3n2)CC1.Cl. The van der Waals surface area contributed by atoms with E-state index < -0.39 is 5.82 Å². The second-order valence-electron chi connectivity index (χ2n) is 6.90. The molecule has 3 N–H and O–H groups in total. The van der Waals surface area contributed by atoms with E-state index in [9.17, 15) is 9.18 Å². The lowest BCUT2D eigenvalue weighted by Gasteiger charge is -2.37. The molecule has 1 aromatic carbocycles. The van der Waals surface area contributed by atoms with Gasteiger partial charge in [0.2, 0.25) is 5.78 Å². The number of hydrogen-bond acceptors (Lipinski definition) is 5. The third kappa shape index (κ3) is 3.52. The second-order valence-corrected chi connectivity index (χ2v) is 7.31. The van der Waals surface area contributed by atoms with Gasteiger partial charge in [0.25, 0.3) is 5.56 Å². The van der Waals surface area contributed by atoms with E-state index in [1.807, 2.05) is 11.8 Å². The number of piperidine rings is 1. The summed E-state index contributed by atoms with van der Waals surface area (Å²) in [6.07, 6.45) is 1.63. The Morgan fingerprint density at radius 2 is 2.04 bits per heavy atom. The van der Waals surface area contributed by atoms with Crippen LogP contribution < -0.4 is 16.2 Å². The second kappa shape index (κ2) is 7.10. The summed E-state index contributed by atoms with van der Waals surface area (Å²) in [6, 6.07) is 6.00. The van der Waals surface area contributed by atoms with E-state index in [2.05, 4.69) is 15.2 Å². The average Bonchev–Trinajstić information content (AvgIpc) is 3.01. The summed E-state index contributed by atoms with van der Waals surface area (Å²) in [7, 11) is 0. The van der Waals surface area contributed by atoms with Crippen LogP contribution in [0.4, 0.5) is 10.2 Å². The number of rotatable bonds is 2. The van der Waals surface area contributed by atoms with Gasteiger partial charge in [-0.25, -0.2) is 13.9 Å². The highest BCUT2D eigenvalue weighted by molar-refractivity contribution is 6.31. The van der Waals surface area contributed by atoms with Gasteiger partial charge < -0.3 is 10.6 Å². The zero-order valence-electron chi connectivity index (χ0n) is 14.6. The molecule has 0 radical (unpaired) electrons. The molecule has 10 heteroatoms. The lowest BCUT2D eigenvalue weighted by molar-refractivity contribution is 0.363. The number of nitrogens with one attached hydrogen (secondary N) is 1. The van der Waals surface area contributed by atoms with Crippen molar-refractivity contribution >= 4 is 35.6 Å². The van der Waals surface area contributed by atoms with E-state index in [1.165, 1.54) is 22.6 Å². The number of halogens is 3. The Morgan fingerprint density at radius 1 is 1.33 bits per heavy atom. The zero-order chi connectivity index (χ0) is 18.5. The fourth-order valence-corrected chi connectivity index (χ4v) is 3.34. The van der Waals surface area contributed by atoms with Gasteiger partial charge in [-0.1, -0.05) is 17.7 Å². The van der Waals surface area contributed by atoms with E-state index in [1.54, 1.807) is 6.07 Å². The van der Waals surface area contributed by atoms with Crippen molar-refractivity contribution in [2.24, 2.45) is 5.73 Å². The van der Waals surface area contributed by atoms with Crippen LogP contribution in [0, 0.1) is 5.82 Å². The molecular weight excluding hydrogens is 394 g/mol. The third-order valence-corrected chi connectivity index (χ3v) is 5.09. The van der Waals surface area contributed by atoms with Crippen molar-refractivity contribution in [1.29, 1.82) is 0 Å². The van der Waals surface area contributed by atoms with E-state index >= 15 is 0 Å². The van der Waals surface area contributed by atoms with Gasteiger partial charge in [0.05, 0.1) is 10.6 Å². The smallest absolute Gasteiger partial charge is 0.262 e. The Balaban J connectivity index is 0.00000210. The van der Waals surface area contributed by atoms with Gasteiger partial charge in [0, 0.05) is 24.7 Å². The summed E-state index contributed by atoms with van der Waals surface area (Å²) >= 11 is 5.84. The average molecular weight is 413 g/mol. The van der Waals surface area contributed by atoms with E-state index in [0.29, 0.717) is 5.82 Å². The molecule has 1 aliphatic heterocycles. The van der Waals surface area contributed by atoms with Gasteiger partial charge in [-0.2, -0.15) is 10.1 Å². The topological polar surface area (TPSA) is 92.3 Å². The van der Waals surface area contributed by atoms with E-state index in [-0.39, 0.29) is 45.7 Å². The molecule has 0 unspecified atom stereocenters. The highest BCUT2D eigenvalue weighted by Crippen LogP contribution is 2.27. The normalized spacial score (nSPS) is 16.4. The Kier molecular flexibility index (Phi) is 5.16. The lowest BCUT2D eigenvalue weighted by Crippen LogP contribution is -2.48. The maximum Gasteiger partial charge on any atom is 0.262 e. The highest BCUT2D eigenvalue weighted by atomic mass is 35.5. The first-order valence-corrected chi connectivity index (χ1v) is 8.70. The minimum Gasteiger partial charge on any atom is -0.356 e. The van der Waals surface area contributed by atoms with Crippen molar-refractivity contribution in [2.45, 2.75) is 25.3 Å². The van der Waals surface area contributed by atoms with Crippen molar-refractivity contribution in [3.63, 3.8) is 0 Å². The summed E-state index contributed by atoms with van der Waals surface area (Å²) in [4.78, 5) is 19.2. The van der Waals surface area contributed by atoms with Crippen LogP contribution in [0.1, 0.15) is 19.8 Å². The van der Waals surface area contributed by atoms with Gasteiger partial charge in [-0.15, -0.1) is 12.4 Å². The summed E-state index contributed by atoms with van der Waals surface area (Å²) in [6.45, 7) is 3.47. The number of nitrogens with two attached hydrogens (primary N) is 1. The predicted molar refractivity (Wildman–Crippen MR) is 105 cm³/mol. The first-order valence-electron chi connectivity index (χ1n) is 8.32. The summed E-state index contributed by atoms with van der Waals surface area (Å²) in [5, 5.41) is 6.75. The minimum atomic E-state index is -0.628. The molecule has 2 aromatic heterocycles. The molecule has 144 valence electrons. The lowest BCUT2D eigenvalue weighted by atomic mass is 9.91. The Labute approximate surface area is 165 Å². The Bertz CT molecular complexity index is 1040. The first-order chi connectivity index (χ1) is 12.4. The van der Waals surface area contributed by atoms with Crippen molar-refractivity contribution in [3.05, 3.63) is 45.5 Å². The predicted octanol–water partition coefficient (Wildman–Crippen LogP) is 2.62. The molecule has 0 atom stereocenters. The number of fused-ring (bicyclic) bond motifs is 1. The van der Waals surface area contributed by atoms with E-state index in [0.717, 1.165) is 25.9 Å². The number of anilines is 1. The number of benzene rings is 1. The quantitative estimate of drug-likeness (QED) is 0.674. The van der Waals surface area contributed by atoms with Crippen molar-refractivity contribution in [1.82, 2.24) is 19.6 Å². The van der Waals surface area contributed by atoms with Crippen LogP contribution >= 0.6 is 24.0 Å². The molecule has 0 saturated carbocycles. The van der Waals surface area contributed by atoms with Crippen molar-refractivity contribution < 1.29 is 4.39 Å². The molecule has 4 rings (SSSR count). The van der Waals surface area contributed by atoms with Gasteiger partial charge in [-0.05, 0) is 31.9 Å². The third-order valence-electron chi connectivity index (χ3n) is 4.80. The standard InChI is InChI=1S/C17H18ClFN6O.ClH/c1-17(20)5-7-24(8-6-17)12-9-13(26)25-15(22-23-16(25)21-12)10-3-2-4-11(18)14(10)19;/h2-4,9H,5-8,20H2,1H3,(H,21,23);1H. The maximum absolute atomic E-state index is 14.3. The summed E-state index contributed by atoms with van der Waals surface area (Å²) < 4.78 is 15.6. The highest BCUT2D eigenvalue weighted by Gasteiger charge is 2.27. The molecule has 0 bridgehead atoms. The van der Waals surface area contributed by atoms with Crippen LogP contribution in [-0.4, -0.2) is 38.2 Å². The van der Waals surface area contributed by atoms with Crippen LogP contribution in [0.25, 0.3) is 17.2 Å². The van der Waals surface area contributed by atoms with Crippen LogP contribution in [-0.2, 0) is 0 Å². The van der Waals surface area contributed by atoms with Gasteiger partial charge >= 0.3 is 0 Å². The number of aromatic amines is 1. The molecule has 1 saturated heterocycles. The van der Waals surface area contributed by atoms with Crippen LogP contribution in [0.3, 0.4) is 0 Å². The largest absolute Gasteiger partial charge is 0.356 e. The molecule has 7 nitrogen and oxygen atoms in total. The Morgan fingerprint density at radius 3 is 2.74 bits per heavy atom. The fraction of sp³-hybridized carbons (Fsp3) is 0.353. The number of aromatic nitrogens is 4. The van der Waals surface area contributed by atoms with Crippen molar-refractivity contribution in [2.75, 3.05) is 18.0 Å². The molecule has 0 spiro atoms. The molecule has 3 heterocycles. The van der Waals surface area contributed by atoms with Gasteiger partial charge in [0.15, 0.2) is 11.6 Å².